The van der Waals surface area contributed by atoms with Gasteiger partial charge in [-0.3, -0.25) is 4.79 Å². The molecule has 0 radical (unpaired) electrons. The minimum Gasteiger partial charge on any atom is -0.478 e. The van der Waals surface area contributed by atoms with E-state index in [1.807, 2.05) is 11.4 Å². The lowest BCUT2D eigenvalue weighted by Crippen LogP contribution is -2.27. The molecule has 0 saturated carbocycles. The molecule has 0 saturated heterocycles. The third-order valence-corrected chi connectivity index (χ3v) is 4.33. The fourth-order valence-electron chi connectivity index (χ4n) is 1.84. The number of hydrogen-bond acceptors (Lipinski definition) is 3. The first-order chi connectivity index (χ1) is 9.49. The van der Waals surface area contributed by atoms with Crippen LogP contribution in [0, 0.1) is 0 Å². The van der Waals surface area contributed by atoms with Gasteiger partial charge in [0.1, 0.15) is 0 Å². The van der Waals surface area contributed by atoms with Crippen molar-refractivity contribution in [1.29, 1.82) is 0 Å². The fourth-order valence-corrected chi connectivity index (χ4v) is 3.04. The molecular weight excluding hydrogens is 342 g/mol. The molecule has 0 atom stereocenters. The van der Waals surface area contributed by atoms with Crippen molar-refractivity contribution < 1.29 is 14.7 Å². The van der Waals surface area contributed by atoms with Crippen molar-refractivity contribution in [3.63, 3.8) is 0 Å². The number of benzene rings is 1. The number of carbonyl (C=O) groups excluding carboxylic acids is 1. The summed E-state index contributed by atoms with van der Waals surface area (Å²) in [6, 6.07) is 8.18. The molecule has 1 amide bonds. The number of carbonyl (C=O) groups is 2. The molecule has 2 aromatic rings. The van der Waals surface area contributed by atoms with Crippen LogP contribution in [0.3, 0.4) is 0 Å². The highest BCUT2D eigenvalue weighted by Crippen LogP contribution is 2.22. The van der Waals surface area contributed by atoms with Gasteiger partial charge in [-0.1, -0.05) is 12.1 Å². The van der Waals surface area contributed by atoms with Crippen molar-refractivity contribution in [3.8, 4) is 0 Å². The van der Waals surface area contributed by atoms with Gasteiger partial charge in [-0.25, -0.2) is 4.79 Å². The van der Waals surface area contributed by atoms with Gasteiger partial charge in [-0.15, -0.1) is 11.3 Å². The van der Waals surface area contributed by atoms with Gasteiger partial charge in [0.2, 0.25) is 0 Å². The highest BCUT2D eigenvalue weighted by atomic mass is 79.9. The Morgan fingerprint density at radius 1 is 1.30 bits per heavy atom. The van der Waals surface area contributed by atoms with E-state index in [4.69, 9.17) is 5.11 Å². The molecule has 1 heterocycles. The summed E-state index contributed by atoms with van der Waals surface area (Å²) in [4.78, 5) is 25.0. The Bertz CT molecular complexity index is 653. The largest absolute Gasteiger partial charge is 0.478 e. The minimum atomic E-state index is -1.10. The van der Waals surface area contributed by atoms with Crippen molar-refractivity contribution in [2.24, 2.45) is 0 Å². The molecule has 0 bridgehead atoms. The molecule has 0 aliphatic heterocycles. The number of thiophene rings is 1. The number of rotatable bonds is 4. The topological polar surface area (TPSA) is 57.6 Å². The van der Waals surface area contributed by atoms with Gasteiger partial charge >= 0.3 is 5.97 Å². The molecule has 104 valence electrons. The number of carboxylic acid groups (broad SMARTS) is 1. The Morgan fingerprint density at radius 3 is 2.50 bits per heavy atom. The smallest absolute Gasteiger partial charge is 0.336 e. The lowest BCUT2D eigenvalue weighted by atomic mass is 10.1. The first-order valence-corrected chi connectivity index (χ1v) is 7.47. The second-order valence-corrected chi connectivity index (χ2v) is 6.56. The molecule has 6 heteroatoms. The van der Waals surface area contributed by atoms with Crippen LogP contribution in [-0.4, -0.2) is 28.9 Å². The summed E-state index contributed by atoms with van der Waals surface area (Å²) in [5.41, 5.74) is 1.23. The predicted molar refractivity (Wildman–Crippen MR) is 81.2 cm³/mol. The summed E-state index contributed by atoms with van der Waals surface area (Å²) in [6.45, 7) is 0.439. The first-order valence-electron chi connectivity index (χ1n) is 5.79. The maximum atomic E-state index is 12.3. The first kappa shape index (κ1) is 14.7. The third kappa shape index (κ3) is 3.26. The maximum absolute atomic E-state index is 12.3. The van der Waals surface area contributed by atoms with Crippen LogP contribution in [0.25, 0.3) is 0 Å². The quantitative estimate of drug-likeness (QED) is 0.915. The maximum Gasteiger partial charge on any atom is 0.336 e. The standard InChI is InChI=1S/C14H12BrNO3S/c1-16(7-9-6-12(15)20-8-9)13(17)10-4-2-3-5-11(10)14(18)19/h2-6,8H,7H2,1H3,(H,18,19). The fraction of sp³-hybridized carbons (Fsp3) is 0.143. The molecule has 2 rings (SSSR count). The highest BCUT2D eigenvalue weighted by molar-refractivity contribution is 9.11. The van der Waals surface area contributed by atoms with Gasteiger partial charge in [0.05, 0.1) is 14.9 Å². The van der Waals surface area contributed by atoms with E-state index < -0.39 is 5.97 Å². The van der Waals surface area contributed by atoms with E-state index >= 15 is 0 Å². The highest BCUT2D eigenvalue weighted by Gasteiger charge is 2.19. The van der Waals surface area contributed by atoms with Crippen LogP contribution in [-0.2, 0) is 6.54 Å². The summed E-state index contributed by atoms with van der Waals surface area (Å²) in [7, 11) is 1.66. The SMILES string of the molecule is CN(Cc1csc(Br)c1)C(=O)c1ccccc1C(=O)O. The van der Waals surface area contributed by atoms with Crippen LogP contribution in [0.1, 0.15) is 26.3 Å². The summed E-state index contributed by atoms with van der Waals surface area (Å²) in [5.74, 6) is -1.40. The van der Waals surface area contributed by atoms with Crippen LogP contribution >= 0.6 is 27.3 Å². The molecule has 0 unspecified atom stereocenters. The predicted octanol–water partition coefficient (Wildman–Crippen LogP) is 3.48. The number of hydrogen-bond donors (Lipinski definition) is 1. The zero-order valence-corrected chi connectivity index (χ0v) is 13.1. The van der Waals surface area contributed by atoms with Crippen molar-refractivity contribution in [1.82, 2.24) is 4.90 Å². The van der Waals surface area contributed by atoms with E-state index in [0.717, 1.165) is 9.35 Å². The van der Waals surface area contributed by atoms with Crippen LogP contribution in [0.4, 0.5) is 0 Å². The van der Waals surface area contributed by atoms with Crippen LogP contribution in [0.15, 0.2) is 39.5 Å². The Morgan fingerprint density at radius 2 is 1.95 bits per heavy atom. The molecule has 0 spiro atoms. The number of halogens is 1. The molecule has 0 aliphatic rings. The molecule has 20 heavy (non-hydrogen) atoms. The molecule has 0 fully saturated rings. The summed E-state index contributed by atoms with van der Waals surface area (Å²) in [6.07, 6.45) is 0. The Labute approximate surface area is 128 Å². The molecular formula is C14H12BrNO3S. The second kappa shape index (κ2) is 6.19. The van der Waals surface area contributed by atoms with Crippen molar-refractivity contribution in [3.05, 3.63) is 56.2 Å². The third-order valence-electron chi connectivity index (χ3n) is 2.78. The van der Waals surface area contributed by atoms with E-state index in [2.05, 4.69) is 15.9 Å². The average Bonchev–Trinajstić information content (AvgIpc) is 2.83. The minimum absolute atomic E-state index is 0.0239. The van der Waals surface area contributed by atoms with Crippen molar-refractivity contribution in [2.75, 3.05) is 7.05 Å². The van der Waals surface area contributed by atoms with Gasteiger partial charge in [0.25, 0.3) is 5.91 Å². The lowest BCUT2D eigenvalue weighted by Gasteiger charge is -2.17. The van der Waals surface area contributed by atoms with Gasteiger partial charge in [-0.2, -0.15) is 0 Å². The number of aromatic carboxylic acids is 1. The summed E-state index contributed by atoms with van der Waals surface area (Å²) < 4.78 is 0.999. The average molecular weight is 354 g/mol. The van der Waals surface area contributed by atoms with Crippen molar-refractivity contribution >= 4 is 39.1 Å². The number of amides is 1. The molecule has 1 aromatic heterocycles. The summed E-state index contributed by atoms with van der Waals surface area (Å²) in [5, 5.41) is 11.1. The van der Waals surface area contributed by atoms with E-state index in [-0.39, 0.29) is 17.0 Å². The Kier molecular flexibility index (Phi) is 4.57. The number of carboxylic acids is 1. The van der Waals surface area contributed by atoms with Crippen LogP contribution in [0.2, 0.25) is 0 Å². The Hall–Kier alpha value is -1.66. The van der Waals surface area contributed by atoms with Crippen molar-refractivity contribution in [2.45, 2.75) is 6.54 Å². The second-order valence-electron chi connectivity index (χ2n) is 4.27. The summed E-state index contributed by atoms with van der Waals surface area (Å²) >= 11 is 4.92. The lowest BCUT2D eigenvalue weighted by molar-refractivity contribution is 0.0680. The van der Waals surface area contributed by atoms with E-state index in [9.17, 15) is 9.59 Å². The van der Waals surface area contributed by atoms with E-state index in [0.29, 0.717) is 6.54 Å². The molecule has 1 N–H and O–H groups in total. The zero-order chi connectivity index (χ0) is 14.7. The monoisotopic (exact) mass is 353 g/mol. The van der Waals surface area contributed by atoms with Gasteiger partial charge in [0.15, 0.2) is 0 Å². The van der Waals surface area contributed by atoms with Crippen LogP contribution in [0.5, 0.6) is 0 Å². The zero-order valence-electron chi connectivity index (χ0n) is 10.7. The molecule has 0 aliphatic carbocycles. The van der Waals surface area contributed by atoms with E-state index in [1.54, 1.807) is 30.5 Å². The van der Waals surface area contributed by atoms with Gasteiger partial charge < -0.3 is 10.0 Å². The number of nitrogens with zero attached hydrogens (tertiary/aromatic N) is 1. The van der Waals surface area contributed by atoms with E-state index in [1.165, 1.54) is 17.0 Å². The Balaban J connectivity index is 2.20. The molecule has 1 aromatic carbocycles. The molecule has 4 nitrogen and oxygen atoms in total. The van der Waals surface area contributed by atoms with Crippen LogP contribution < -0.4 is 0 Å². The van der Waals surface area contributed by atoms with Gasteiger partial charge in [-0.05, 0) is 45.1 Å². The van der Waals surface area contributed by atoms with Gasteiger partial charge in [0, 0.05) is 13.6 Å². The normalized spacial score (nSPS) is 10.3.